The van der Waals surface area contributed by atoms with Crippen molar-refractivity contribution >= 4 is 5.97 Å². The number of benzene rings is 1. The van der Waals surface area contributed by atoms with Crippen LogP contribution in [-0.2, 0) is 28.0 Å². The van der Waals surface area contributed by atoms with Gasteiger partial charge in [-0.05, 0) is 5.56 Å². The number of hydrogen-bond donors (Lipinski definition) is 0. The summed E-state index contributed by atoms with van der Waals surface area (Å²) in [6.45, 7) is 0. The zero-order chi connectivity index (χ0) is 7.40. The molecule has 0 aliphatic rings. The van der Waals surface area contributed by atoms with Crippen LogP contribution in [0.3, 0.4) is 0 Å². The van der Waals surface area contributed by atoms with Crippen molar-refractivity contribution in [3.05, 3.63) is 66.6 Å². The summed E-state index contributed by atoms with van der Waals surface area (Å²) < 4.78 is 0. The summed E-state index contributed by atoms with van der Waals surface area (Å²) in [6, 6.07) is 9.29. The van der Waals surface area contributed by atoms with Crippen LogP contribution in [0.5, 0.6) is 0 Å². The monoisotopic (exact) mass is 276 g/mol. The van der Waals surface area contributed by atoms with Crippen molar-refractivity contribution in [2.75, 3.05) is 0 Å². The summed E-state index contributed by atoms with van der Waals surface area (Å²) >= 11 is 0. The summed E-state index contributed by atoms with van der Waals surface area (Å²) in [5.41, 5.74) is 0.905. The third-order valence-corrected chi connectivity index (χ3v) is 1.21. The van der Waals surface area contributed by atoms with Crippen molar-refractivity contribution in [2.24, 2.45) is 0 Å². The van der Waals surface area contributed by atoms with Crippen molar-refractivity contribution in [2.45, 2.75) is 6.42 Å². The zero-order valence-corrected chi connectivity index (χ0v) is 9.76. The van der Waals surface area contributed by atoms with Crippen molar-refractivity contribution in [3.63, 3.8) is 0 Å². The van der Waals surface area contributed by atoms with E-state index in [-0.39, 0.29) is 54.0 Å². The third kappa shape index (κ3) is 15.5. The van der Waals surface area contributed by atoms with Gasteiger partial charge in [-0.2, -0.15) is 0 Å². The Kier molecular flexibility index (Phi) is 44.4. The molecule has 1 rings (SSSR count). The van der Waals surface area contributed by atoms with Crippen molar-refractivity contribution in [1.29, 1.82) is 0 Å². The Morgan fingerprint density at radius 3 is 1.62 bits per heavy atom. The Morgan fingerprint density at radius 1 is 0.938 bits per heavy atom. The van der Waals surface area contributed by atoms with Crippen LogP contribution < -0.4 is 0 Å². The summed E-state index contributed by atoms with van der Waals surface area (Å²) in [5, 5.41) is 6.68. The molecule has 0 saturated carbocycles. The molecule has 0 bridgehead atoms. The van der Waals surface area contributed by atoms with E-state index < -0.39 is 5.97 Å². The number of hydrogen-bond acceptors (Lipinski definition) is 1. The molecule has 1 aromatic carbocycles. The van der Waals surface area contributed by atoms with Crippen LogP contribution in [-0.4, -0.2) is 11.1 Å². The van der Waals surface area contributed by atoms with Gasteiger partial charge in [-0.25, -0.2) is 0 Å². The van der Waals surface area contributed by atoms with Crippen LogP contribution in [0.1, 0.15) is 5.56 Å². The molecule has 7 nitrogen and oxygen atoms in total. The van der Waals surface area contributed by atoms with Crippen LogP contribution in [0.25, 0.3) is 30.8 Å². The predicted molar refractivity (Wildman–Crippen MR) is 65.2 cm³/mol. The first-order chi connectivity index (χ1) is 4.79. The molecule has 12 N–H and O–H groups in total. The molecule has 0 atom stereocenters. The second-order valence-electron chi connectivity index (χ2n) is 2.09. The number of carbonyl (C=O) groups excluding carboxylic acids is 1. The van der Waals surface area contributed by atoms with E-state index >= 15 is 0 Å². The van der Waals surface area contributed by atoms with E-state index in [9.17, 15) is 4.79 Å². The molecule has 1 aromatic rings. The molecule has 0 saturated heterocycles. The van der Waals surface area contributed by atoms with Crippen molar-refractivity contribution in [3.8, 4) is 0 Å². The molecule has 0 unspecified atom stereocenters. The van der Waals surface area contributed by atoms with Gasteiger partial charge in [0, 0.05) is 4.79 Å². The zero-order valence-electron chi connectivity index (χ0n) is 8.72. The molecule has 8 heteroatoms. The van der Waals surface area contributed by atoms with Gasteiger partial charge in [-0.15, -0.1) is 0 Å². The Balaban J connectivity index is -0.0000000417. The average Bonchev–Trinajstić information content (AvgIpc) is 1.88. The van der Waals surface area contributed by atoms with Gasteiger partial charge in [-0.3, -0.25) is 0 Å². The topological polar surface area (TPSA) is 207 Å². The average molecular weight is 276 g/mol. The van der Waals surface area contributed by atoms with E-state index in [1.165, 1.54) is 0 Å². The molecule has 0 amide bonds. The van der Waals surface area contributed by atoms with Gasteiger partial charge >= 0.3 is 22.7 Å². The molecule has 0 radical (unpaired) electrons. The fraction of sp³-hybridized carbons (Fsp3) is 0.125. The number of rotatable bonds is 2. The molecule has 98 valence electrons. The second kappa shape index (κ2) is 19.6. The maximum absolute atomic E-state index is 10.3. The van der Waals surface area contributed by atoms with E-state index in [1.807, 2.05) is 30.3 Å². The Bertz CT molecular complexity index is 235. The largest absolute Gasteiger partial charge is 3.00 e. The van der Waals surface area contributed by atoms with E-state index in [2.05, 4.69) is 0 Å². The number of nitrogens with two attached hydrogens (primary N) is 5. The van der Waals surface area contributed by atoms with E-state index in [1.54, 1.807) is 0 Å². The van der Waals surface area contributed by atoms with Crippen LogP contribution in [0, 0.1) is 0 Å². The molecular weight excluding hydrogens is 257 g/mol. The van der Waals surface area contributed by atoms with Crippen molar-refractivity contribution < 1.29 is 26.7 Å². The molecule has 0 heterocycles. The summed E-state index contributed by atoms with van der Waals surface area (Å²) in [7, 11) is 0. The minimum Gasteiger partial charge on any atom is -0.693 e. The fourth-order valence-electron chi connectivity index (χ4n) is 0.781. The van der Waals surface area contributed by atoms with E-state index in [0.717, 1.165) is 5.56 Å². The molecular formula is C8H19CoN5O2-. The Hall–Kier alpha value is -1.00. The van der Waals surface area contributed by atoms with Gasteiger partial charge in [0.05, 0.1) is 0 Å². The summed E-state index contributed by atoms with van der Waals surface area (Å²) in [5.74, 6) is -0.536. The second-order valence-corrected chi connectivity index (χ2v) is 2.09. The Labute approximate surface area is 106 Å². The molecule has 0 aliphatic carbocycles. The molecule has 0 aromatic heterocycles. The van der Waals surface area contributed by atoms with Crippen LogP contribution in [0.4, 0.5) is 0 Å². The van der Waals surface area contributed by atoms with Crippen molar-refractivity contribution in [1.82, 2.24) is 0 Å². The van der Waals surface area contributed by atoms with Crippen LogP contribution >= 0.6 is 0 Å². The Morgan fingerprint density at radius 2 is 1.31 bits per heavy atom. The van der Waals surface area contributed by atoms with Gasteiger partial charge in [-0.1, -0.05) is 30.3 Å². The maximum Gasteiger partial charge on any atom is 3.00 e. The maximum atomic E-state index is 10.3. The molecule has 16 heavy (non-hydrogen) atoms. The van der Waals surface area contributed by atoms with E-state index in [0.29, 0.717) is 0 Å². The van der Waals surface area contributed by atoms with E-state index in [4.69, 9.17) is 5.11 Å². The first kappa shape index (κ1) is 36.3. The predicted octanol–water partition coefficient (Wildman–Crippen LogP) is 4.06. The summed E-state index contributed by atoms with van der Waals surface area (Å²) in [4.78, 5) is 10.3. The van der Waals surface area contributed by atoms with Crippen LogP contribution in [0.15, 0.2) is 30.3 Å². The van der Waals surface area contributed by atoms with Gasteiger partial charge in [0.15, 0.2) is 0 Å². The standard InChI is InChI=1S/C8H8O2.Co.5H2N/c9-8(10)6-7-4-2-1-3-5-7;;;;;;/h1-5H,6H2,(H,9,10);;5*1H2/q;+3;5*-1/p+1. The van der Waals surface area contributed by atoms with Gasteiger partial charge in [0.1, 0.15) is 6.42 Å². The van der Waals surface area contributed by atoms with Gasteiger partial charge < -0.3 is 35.9 Å². The minimum absolute atomic E-state index is 0. The SMILES string of the molecule is O=C([OH2+])Cc1ccccc1.[Co+3].[NH2-].[NH2-].[NH2-].[NH2-].[NH2-]. The molecule has 0 spiro atoms. The number of carbonyl (C=O) groups is 1. The molecule has 0 aliphatic heterocycles. The first-order valence-electron chi connectivity index (χ1n) is 3.07. The van der Waals surface area contributed by atoms with Gasteiger partial charge in [0.2, 0.25) is 0 Å². The minimum atomic E-state index is -0.536. The molecule has 0 fully saturated rings. The van der Waals surface area contributed by atoms with Crippen LogP contribution in [0.2, 0.25) is 0 Å². The fourth-order valence-corrected chi connectivity index (χ4v) is 0.781. The summed E-state index contributed by atoms with van der Waals surface area (Å²) in [6.07, 6.45) is 0.223. The first-order valence-corrected chi connectivity index (χ1v) is 3.07. The quantitative estimate of drug-likeness (QED) is 0.718. The van der Waals surface area contributed by atoms with Gasteiger partial charge in [0.25, 0.3) is 0 Å². The normalized spacial score (nSPS) is 5.75. The third-order valence-electron chi connectivity index (χ3n) is 1.21. The smallest absolute Gasteiger partial charge is 0.693 e.